The molecule has 28 heavy (non-hydrogen) atoms. The molecule has 1 N–H and O–H groups in total. The van der Waals surface area contributed by atoms with Gasteiger partial charge in [-0.15, -0.1) is 0 Å². The van der Waals surface area contributed by atoms with Gasteiger partial charge in [0.05, 0.1) is 10.4 Å². The van der Waals surface area contributed by atoms with E-state index in [9.17, 15) is 19.7 Å². The van der Waals surface area contributed by atoms with Gasteiger partial charge >= 0.3 is 6.09 Å². The Balaban J connectivity index is 1.91. The number of amides is 1. The van der Waals surface area contributed by atoms with Gasteiger partial charge in [-0.05, 0) is 45.0 Å². The predicted octanol–water partition coefficient (Wildman–Crippen LogP) is 4.59. The minimum atomic E-state index is -0.647. The van der Waals surface area contributed by atoms with Crippen molar-refractivity contribution >= 4 is 34.3 Å². The number of hydrogen-bond acceptors (Lipinski definition) is 5. The standard InChI is InChI=1S/C20H19N3O5/c1-20(2,3)28-19(25)22-11-10-13-8-9-14(12-17(13)22)21-18(24)15-6-4-5-7-16(15)23(26)27/h4-12H,1-3H3,(H,21,24). The van der Waals surface area contributed by atoms with E-state index in [0.29, 0.717) is 11.2 Å². The van der Waals surface area contributed by atoms with E-state index < -0.39 is 22.5 Å². The molecule has 3 rings (SSSR count). The van der Waals surface area contributed by atoms with Crippen LogP contribution >= 0.6 is 0 Å². The molecule has 1 heterocycles. The van der Waals surface area contributed by atoms with Crippen molar-refractivity contribution in [1.82, 2.24) is 4.57 Å². The molecule has 0 saturated heterocycles. The number of ether oxygens (including phenoxy) is 1. The van der Waals surface area contributed by atoms with Gasteiger partial charge in [-0.2, -0.15) is 0 Å². The summed E-state index contributed by atoms with van der Waals surface area (Å²) >= 11 is 0. The van der Waals surface area contributed by atoms with Crippen LogP contribution in [0.25, 0.3) is 10.9 Å². The Hall–Kier alpha value is -3.68. The summed E-state index contributed by atoms with van der Waals surface area (Å²) in [4.78, 5) is 35.4. The molecule has 0 saturated carbocycles. The van der Waals surface area contributed by atoms with Gasteiger partial charge in [-0.1, -0.05) is 18.2 Å². The van der Waals surface area contributed by atoms with Gasteiger partial charge in [0.15, 0.2) is 0 Å². The molecule has 0 aliphatic carbocycles. The molecule has 0 bridgehead atoms. The van der Waals surface area contributed by atoms with Gasteiger partial charge in [-0.25, -0.2) is 4.79 Å². The Morgan fingerprint density at radius 3 is 2.50 bits per heavy atom. The number of aromatic nitrogens is 1. The first-order valence-electron chi connectivity index (χ1n) is 8.55. The van der Waals surface area contributed by atoms with E-state index >= 15 is 0 Å². The van der Waals surface area contributed by atoms with E-state index in [1.165, 1.54) is 22.8 Å². The number of benzene rings is 2. The van der Waals surface area contributed by atoms with Crippen LogP contribution < -0.4 is 5.32 Å². The summed E-state index contributed by atoms with van der Waals surface area (Å²) in [6.45, 7) is 5.32. The average molecular weight is 381 g/mol. The third-order valence-electron chi connectivity index (χ3n) is 3.89. The van der Waals surface area contributed by atoms with Crippen molar-refractivity contribution in [3.05, 3.63) is 70.4 Å². The number of carbonyl (C=O) groups excluding carboxylic acids is 2. The number of nitro benzene ring substituents is 1. The van der Waals surface area contributed by atoms with Gasteiger partial charge in [0, 0.05) is 23.3 Å². The fraction of sp³-hybridized carbons (Fsp3) is 0.200. The lowest BCUT2D eigenvalue weighted by Gasteiger charge is -2.19. The van der Waals surface area contributed by atoms with E-state index in [4.69, 9.17) is 4.74 Å². The average Bonchev–Trinajstić information content (AvgIpc) is 3.03. The second-order valence-electron chi connectivity index (χ2n) is 7.17. The normalized spacial score (nSPS) is 11.2. The van der Waals surface area contributed by atoms with E-state index in [0.717, 1.165) is 5.39 Å². The summed E-state index contributed by atoms with van der Waals surface area (Å²) in [5, 5.41) is 14.6. The summed E-state index contributed by atoms with van der Waals surface area (Å²) < 4.78 is 6.73. The maximum absolute atomic E-state index is 12.5. The highest BCUT2D eigenvalue weighted by molar-refractivity contribution is 6.07. The SMILES string of the molecule is CC(C)(C)OC(=O)n1ccc2ccc(NC(=O)c3ccccc3[N+](=O)[O-])cc21. The number of carbonyl (C=O) groups is 2. The molecule has 3 aromatic rings. The summed E-state index contributed by atoms with van der Waals surface area (Å²) in [6.07, 6.45) is 1.05. The van der Waals surface area contributed by atoms with E-state index in [1.807, 2.05) is 0 Å². The monoisotopic (exact) mass is 381 g/mol. The Labute approximate surface area is 160 Å². The fourth-order valence-corrected chi connectivity index (χ4v) is 2.70. The highest BCUT2D eigenvalue weighted by Crippen LogP contribution is 2.24. The van der Waals surface area contributed by atoms with Gasteiger partial charge in [0.1, 0.15) is 11.2 Å². The zero-order valence-corrected chi connectivity index (χ0v) is 15.6. The number of nitrogens with zero attached hydrogens (tertiary/aromatic N) is 2. The fourth-order valence-electron chi connectivity index (χ4n) is 2.70. The third kappa shape index (κ3) is 4.01. The lowest BCUT2D eigenvalue weighted by molar-refractivity contribution is -0.385. The predicted molar refractivity (Wildman–Crippen MR) is 105 cm³/mol. The molecule has 8 heteroatoms. The van der Waals surface area contributed by atoms with Crippen LogP contribution in [0.3, 0.4) is 0 Å². The van der Waals surface area contributed by atoms with Crippen molar-refractivity contribution in [3.8, 4) is 0 Å². The Morgan fingerprint density at radius 2 is 1.82 bits per heavy atom. The van der Waals surface area contributed by atoms with Crippen molar-refractivity contribution in [3.63, 3.8) is 0 Å². The lowest BCUT2D eigenvalue weighted by atomic mass is 10.1. The van der Waals surface area contributed by atoms with E-state index in [1.54, 1.807) is 57.3 Å². The number of hydrogen-bond donors (Lipinski definition) is 1. The molecule has 1 amide bonds. The molecule has 0 radical (unpaired) electrons. The van der Waals surface area contributed by atoms with Crippen LogP contribution in [-0.4, -0.2) is 27.1 Å². The third-order valence-corrected chi connectivity index (χ3v) is 3.89. The maximum atomic E-state index is 12.5. The largest absolute Gasteiger partial charge is 0.443 e. The van der Waals surface area contributed by atoms with Crippen LogP contribution in [0, 0.1) is 10.1 Å². The van der Waals surface area contributed by atoms with E-state index in [2.05, 4.69) is 5.32 Å². The van der Waals surface area contributed by atoms with Crippen LogP contribution in [0.4, 0.5) is 16.2 Å². The van der Waals surface area contributed by atoms with Gasteiger partial charge in [-0.3, -0.25) is 19.5 Å². The van der Waals surface area contributed by atoms with Crippen molar-refractivity contribution in [1.29, 1.82) is 0 Å². The van der Waals surface area contributed by atoms with Gasteiger partial charge < -0.3 is 10.1 Å². The zero-order chi connectivity index (χ0) is 20.5. The number of nitrogens with one attached hydrogen (secondary N) is 1. The number of rotatable bonds is 3. The van der Waals surface area contributed by atoms with Crippen LogP contribution in [-0.2, 0) is 4.74 Å². The molecular weight excluding hydrogens is 362 g/mol. The number of anilines is 1. The first-order chi connectivity index (χ1) is 13.2. The first kappa shape index (κ1) is 19.1. The number of para-hydroxylation sites is 1. The second-order valence-corrected chi connectivity index (χ2v) is 7.17. The lowest BCUT2D eigenvalue weighted by Crippen LogP contribution is -2.26. The summed E-state index contributed by atoms with van der Waals surface area (Å²) in [5.74, 6) is -0.609. The number of fused-ring (bicyclic) bond motifs is 1. The Morgan fingerprint density at radius 1 is 1.11 bits per heavy atom. The smallest absolute Gasteiger partial charge is 0.418 e. The van der Waals surface area contributed by atoms with Crippen molar-refractivity contribution in [2.45, 2.75) is 26.4 Å². The molecule has 0 aliphatic rings. The highest BCUT2D eigenvalue weighted by atomic mass is 16.6. The molecule has 144 valence electrons. The van der Waals surface area contributed by atoms with Crippen molar-refractivity contribution in [2.24, 2.45) is 0 Å². The quantitative estimate of drug-likeness (QED) is 0.528. The molecule has 2 aromatic carbocycles. The van der Waals surface area contributed by atoms with Gasteiger partial charge in [0.2, 0.25) is 0 Å². The summed E-state index contributed by atoms with van der Waals surface area (Å²) in [6, 6.07) is 12.5. The van der Waals surface area contributed by atoms with Crippen molar-refractivity contribution < 1.29 is 19.2 Å². The van der Waals surface area contributed by atoms with Crippen LogP contribution in [0.15, 0.2) is 54.7 Å². The second kappa shape index (κ2) is 7.15. The number of nitro groups is 1. The topological polar surface area (TPSA) is 103 Å². The molecular formula is C20H19N3O5. The van der Waals surface area contributed by atoms with Gasteiger partial charge in [0.25, 0.3) is 11.6 Å². The molecule has 0 aliphatic heterocycles. The van der Waals surface area contributed by atoms with Crippen LogP contribution in [0.5, 0.6) is 0 Å². The summed E-state index contributed by atoms with van der Waals surface area (Å²) in [5.41, 5.74) is -0.0201. The molecule has 8 nitrogen and oxygen atoms in total. The molecule has 0 spiro atoms. The summed E-state index contributed by atoms with van der Waals surface area (Å²) in [7, 11) is 0. The van der Waals surface area contributed by atoms with Crippen LogP contribution in [0.2, 0.25) is 0 Å². The van der Waals surface area contributed by atoms with Crippen molar-refractivity contribution in [2.75, 3.05) is 5.32 Å². The minimum absolute atomic E-state index is 0.0462. The van der Waals surface area contributed by atoms with E-state index in [-0.39, 0.29) is 11.3 Å². The molecule has 1 aromatic heterocycles. The van der Waals surface area contributed by atoms with Crippen LogP contribution in [0.1, 0.15) is 31.1 Å². The molecule has 0 atom stereocenters. The highest BCUT2D eigenvalue weighted by Gasteiger charge is 2.21. The molecule has 0 fully saturated rings. The zero-order valence-electron chi connectivity index (χ0n) is 15.6. The first-order valence-corrected chi connectivity index (χ1v) is 8.55. The maximum Gasteiger partial charge on any atom is 0.418 e. The minimum Gasteiger partial charge on any atom is -0.443 e. The Bertz CT molecular complexity index is 1080. The molecule has 0 unspecified atom stereocenters. The Kier molecular flexibility index (Phi) is 4.87.